The van der Waals surface area contributed by atoms with Crippen molar-refractivity contribution in [3.05, 3.63) is 29.8 Å². The van der Waals surface area contributed by atoms with Crippen molar-refractivity contribution in [2.75, 3.05) is 31.6 Å². The Morgan fingerprint density at radius 3 is 2.60 bits per heavy atom. The van der Waals surface area contributed by atoms with Crippen molar-refractivity contribution in [2.45, 2.75) is 13.3 Å². The van der Waals surface area contributed by atoms with Gasteiger partial charge in [0.15, 0.2) is 0 Å². The predicted octanol–water partition coefficient (Wildman–Crippen LogP) is 1.53. The van der Waals surface area contributed by atoms with Gasteiger partial charge in [-0.1, -0.05) is 19.1 Å². The summed E-state index contributed by atoms with van der Waals surface area (Å²) in [5.74, 6) is -1.05. The Labute approximate surface area is 118 Å². The number of hydrogen-bond acceptors (Lipinski definition) is 3. The predicted molar refractivity (Wildman–Crippen MR) is 78.4 cm³/mol. The Kier molecular flexibility index (Phi) is 6.52. The summed E-state index contributed by atoms with van der Waals surface area (Å²) in [6, 6.07) is 6.12. The standard InChI is InChI=1S/C14H21N3O3/c1-3-15-9-6-10-16-14(20)17(2)12-8-5-4-7-11(12)13(18)19/h4-5,7-8,15H,3,6,9-10H2,1-2H3,(H,16,20)(H,18,19). The van der Waals surface area contributed by atoms with Crippen LogP contribution in [-0.2, 0) is 0 Å². The van der Waals surface area contributed by atoms with Gasteiger partial charge in [0.2, 0.25) is 0 Å². The van der Waals surface area contributed by atoms with Crippen LogP contribution in [0.25, 0.3) is 0 Å². The molecular formula is C14H21N3O3. The number of carboxylic acid groups (broad SMARTS) is 1. The first-order valence-electron chi connectivity index (χ1n) is 6.62. The third-order valence-corrected chi connectivity index (χ3v) is 2.86. The van der Waals surface area contributed by atoms with Gasteiger partial charge < -0.3 is 15.7 Å². The number of anilines is 1. The third kappa shape index (κ3) is 4.55. The molecule has 0 bridgehead atoms. The lowest BCUT2D eigenvalue weighted by Crippen LogP contribution is -2.39. The molecule has 0 saturated heterocycles. The molecule has 0 spiro atoms. The van der Waals surface area contributed by atoms with Crippen LogP contribution in [0, 0.1) is 0 Å². The third-order valence-electron chi connectivity index (χ3n) is 2.86. The van der Waals surface area contributed by atoms with Crippen LogP contribution in [-0.4, -0.2) is 43.8 Å². The Morgan fingerprint density at radius 1 is 1.25 bits per heavy atom. The van der Waals surface area contributed by atoms with Crippen LogP contribution in [0.5, 0.6) is 0 Å². The molecule has 0 aliphatic rings. The molecule has 0 atom stereocenters. The van der Waals surface area contributed by atoms with E-state index in [1.165, 1.54) is 11.0 Å². The minimum absolute atomic E-state index is 0.109. The van der Waals surface area contributed by atoms with E-state index in [-0.39, 0.29) is 11.6 Å². The van der Waals surface area contributed by atoms with Crippen molar-refractivity contribution in [1.82, 2.24) is 10.6 Å². The molecule has 3 N–H and O–H groups in total. The van der Waals surface area contributed by atoms with Crippen molar-refractivity contribution in [2.24, 2.45) is 0 Å². The molecule has 0 fully saturated rings. The molecule has 0 aliphatic heterocycles. The van der Waals surface area contributed by atoms with Gasteiger partial charge in [0.1, 0.15) is 0 Å². The normalized spacial score (nSPS) is 10.1. The maximum absolute atomic E-state index is 12.0. The fourth-order valence-corrected chi connectivity index (χ4v) is 1.76. The molecule has 0 heterocycles. The summed E-state index contributed by atoms with van der Waals surface area (Å²) < 4.78 is 0. The van der Waals surface area contributed by atoms with Gasteiger partial charge in [0.05, 0.1) is 11.3 Å². The second-order valence-electron chi connectivity index (χ2n) is 4.32. The van der Waals surface area contributed by atoms with E-state index in [1.54, 1.807) is 25.2 Å². The highest BCUT2D eigenvalue weighted by Crippen LogP contribution is 2.18. The second kappa shape index (κ2) is 8.16. The van der Waals surface area contributed by atoms with Gasteiger partial charge in [-0.05, 0) is 31.6 Å². The van der Waals surface area contributed by atoms with Crippen molar-refractivity contribution in [3.63, 3.8) is 0 Å². The van der Waals surface area contributed by atoms with Crippen molar-refractivity contribution >= 4 is 17.7 Å². The molecule has 1 aromatic rings. The molecule has 6 nitrogen and oxygen atoms in total. The summed E-state index contributed by atoms with van der Waals surface area (Å²) in [6.07, 6.45) is 0.827. The van der Waals surface area contributed by atoms with E-state index in [0.717, 1.165) is 19.5 Å². The largest absolute Gasteiger partial charge is 0.478 e. The number of carbonyl (C=O) groups is 2. The van der Waals surface area contributed by atoms with Crippen LogP contribution >= 0.6 is 0 Å². The lowest BCUT2D eigenvalue weighted by atomic mass is 10.1. The smallest absolute Gasteiger partial charge is 0.337 e. The first-order chi connectivity index (χ1) is 9.57. The number of urea groups is 1. The van der Waals surface area contributed by atoms with Gasteiger partial charge >= 0.3 is 12.0 Å². The van der Waals surface area contributed by atoms with Crippen LogP contribution in [0.3, 0.4) is 0 Å². The lowest BCUT2D eigenvalue weighted by Gasteiger charge is -2.19. The van der Waals surface area contributed by atoms with Gasteiger partial charge in [-0.15, -0.1) is 0 Å². The number of para-hydroxylation sites is 1. The quantitative estimate of drug-likeness (QED) is 0.661. The number of aromatic carboxylic acids is 1. The number of carboxylic acids is 1. The molecule has 0 aliphatic carbocycles. The highest BCUT2D eigenvalue weighted by atomic mass is 16.4. The maximum atomic E-state index is 12.0. The zero-order chi connectivity index (χ0) is 15.0. The molecule has 2 amide bonds. The van der Waals surface area contributed by atoms with Crippen molar-refractivity contribution in [1.29, 1.82) is 0 Å². The fourth-order valence-electron chi connectivity index (χ4n) is 1.76. The second-order valence-corrected chi connectivity index (χ2v) is 4.32. The maximum Gasteiger partial charge on any atom is 0.337 e. The topological polar surface area (TPSA) is 81.7 Å². The summed E-state index contributed by atoms with van der Waals surface area (Å²) >= 11 is 0. The SMILES string of the molecule is CCNCCCNC(=O)N(C)c1ccccc1C(=O)O. The monoisotopic (exact) mass is 279 g/mol. The zero-order valence-corrected chi connectivity index (χ0v) is 11.8. The molecule has 0 radical (unpaired) electrons. The molecule has 0 unspecified atom stereocenters. The van der Waals surface area contributed by atoms with E-state index in [2.05, 4.69) is 10.6 Å². The van der Waals surface area contributed by atoms with Gasteiger partial charge in [-0.25, -0.2) is 9.59 Å². The Bertz CT molecular complexity index is 463. The van der Waals surface area contributed by atoms with Crippen LogP contribution in [0.4, 0.5) is 10.5 Å². The first-order valence-corrected chi connectivity index (χ1v) is 6.62. The first kappa shape index (κ1) is 16.0. The molecule has 0 saturated carbocycles. The average Bonchev–Trinajstić information content (AvgIpc) is 2.46. The molecule has 0 aromatic heterocycles. The van der Waals surface area contributed by atoms with Crippen molar-refractivity contribution < 1.29 is 14.7 Å². The number of amides is 2. The van der Waals surface area contributed by atoms with Gasteiger partial charge in [0, 0.05) is 13.6 Å². The molecule has 20 heavy (non-hydrogen) atoms. The van der Waals surface area contributed by atoms with E-state index in [0.29, 0.717) is 12.2 Å². The van der Waals surface area contributed by atoms with Crippen LogP contribution < -0.4 is 15.5 Å². The molecular weight excluding hydrogens is 258 g/mol. The zero-order valence-electron chi connectivity index (χ0n) is 11.8. The van der Waals surface area contributed by atoms with Crippen molar-refractivity contribution in [3.8, 4) is 0 Å². The van der Waals surface area contributed by atoms with E-state index < -0.39 is 5.97 Å². The lowest BCUT2D eigenvalue weighted by molar-refractivity contribution is 0.0697. The van der Waals surface area contributed by atoms with Crippen LogP contribution in [0.15, 0.2) is 24.3 Å². The summed E-state index contributed by atoms with van der Waals surface area (Å²) in [7, 11) is 1.56. The number of rotatable bonds is 7. The summed E-state index contributed by atoms with van der Waals surface area (Å²) in [5.41, 5.74) is 0.488. The minimum Gasteiger partial charge on any atom is -0.478 e. The van der Waals surface area contributed by atoms with Crippen LogP contribution in [0.2, 0.25) is 0 Å². The fraction of sp³-hybridized carbons (Fsp3) is 0.429. The minimum atomic E-state index is -1.05. The highest BCUT2D eigenvalue weighted by Gasteiger charge is 2.17. The Morgan fingerprint density at radius 2 is 1.95 bits per heavy atom. The van der Waals surface area contributed by atoms with Gasteiger partial charge in [-0.3, -0.25) is 4.90 Å². The van der Waals surface area contributed by atoms with E-state index >= 15 is 0 Å². The number of carbonyl (C=O) groups excluding carboxylic acids is 1. The Balaban J connectivity index is 2.59. The number of hydrogen-bond donors (Lipinski definition) is 3. The van der Waals surface area contributed by atoms with Gasteiger partial charge in [-0.2, -0.15) is 0 Å². The number of benzene rings is 1. The molecule has 1 aromatic carbocycles. The van der Waals surface area contributed by atoms with E-state index in [9.17, 15) is 9.59 Å². The van der Waals surface area contributed by atoms with Gasteiger partial charge in [0.25, 0.3) is 0 Å². The molecule has 6 heteroatoms. The van der Waals surface area contributed by atoms with Crippen LogP contribution in [0.1, 0.15) is 23.7 Å². The van der Waals surface area contributed by atoms with E-state index in [1.807, 2.05) is 6.92 Å². The Hall–Kier alpha value is -2.08. The summed E-state index contributed by atoms with van der Waals surface area (Å²) in [6.45, 7) is 4.31. The molecule has 110 valence electrons. The van der Waals surface area contributed by atoms with E-state index in [4.69, 9.17) is 5.11 Å². The number of nitrogens with zero attached hydrogens (tertiary/aromatic N) is 1. The highest BCUT2D eigenvalue weighted by molar-refractivity contribution is 6.01. The number of nitrogens with one attached hydrogen (secondary N) is 2. The summed E-state index contributed by atoms with van der Waals surface area (Å²) in [4.78, 5) is 24.4. The average molecular weight is 279 g/mol. The summed E-state index contributed by atoms with van der Waals surface area (Å²) in [5, 5.41) is 15.0. The molecule has 1 rings (SSSR count).